The smallest absolute Gasteiger partial charge is 0.459 e. The first kappa shape index (κ1) is 30.7. The number of halogens is 1. The van der Waals surface area contributed by atoms with Gasteiger partial charge in [0, 0.05) is 6.04 Å². The molecule has 6 atom stereocenters. The van der Waals surface area contributed by atoms with Crippen LogP contribution in [0.15, 0.2) is 36.7 Å². The number of aliphatic hydroxyl groups is 1. The molecule has 14 nitrogen and oxygen atoms in total. The van der Waals surface area contributed by atoms with Crippen molar-refractivity contribution in [3.8, 4) is 18.1 Å². The highest BCUT2D eigenvalue weighted by molar-refractivity contribution is 7.52. The number of benzene rings is 1. The lowest BCUT2D eigenvalue weighted by atomic mass is 9.97. The Morgan fingerprint density at radius 3 is 2.70 bits per heavy atom. The zero-order chi connectivity index (χ0) is 30.9. The Balaban J connectivity index is 1.39. The Hall–Kier alpha value is -3.80. The molecule has 0 amide bonds. The normalized spacial score (nSPS) is 25.7. The molecule has 5 rings (SSSR count). The quantitative estimate of drug-likeness (QED) is 0.132. The van der Waals surface area contributed by atoms with Crippen LogP contribution in [-0.2, 0) is 23.4 Å². The van der Waals surface area contributed by atoms with Gasteiger partial charge >= 0.3 is 13.7 Å². The topological polar surface area (TPSA) is 185 Å². The lowest BCUT2D eigenvalue weighted by Gasteiger charge is -2.25. The summed E-state index contributed by atoms with van der Waals surface area (Å²) in [6, 6.07) is 7.17. The van der Waals surface area contributed by atoms with Crippen molar-refractivity contribution >= 4 is 36.6 Å². The Bertz CT molecular complexity index is 1560. The van der Waals surface area contributed by atoms with Gasteiger partial charge in [0.25, 0.3) is 0 Å². The first-order valence-corrected chi connectivity index (χ1v) is 15.2. The van der Waals surface area contributed by atoms with E-state index in [1.807, 2.05) is 5.92 Å². The summed E-state index contributed by atoms with van der Waals surface area (Å²) in [4.78, 5) is 25.1. The molecule has 1 unspecified atom stereocenters. The number of esters is 1. The molecule has 2 fully saturated rings. The number of imidazole rings is 1. The van der Waals surface area contributed by atoms with Gasteiger partial charge in [-0.1, -0.05) is 24.1 Å². The van der Waals surface area contributed by atoms with Gasteiger partial charge in [0.1, 0.15) is 24.0 Å². The van der Waals surface area contributed by atoms with Gasteiger partial charge in [-0.25, -0.2) is 13.9 Å². The SMILES string of the molecule is C#C[C@@]1(F)[C@H](O)[C@@H](COP(=O)(N[C@@H](C)C(=O)OC(C)C)Oc2ccccc2)O[C@H]1n1cnc2c(NC3CC3)nc(N)nc21. The molecule has 1 aromatic carbocycles. The van der Waals surface area contributed by atoms with E-state index < -0.39 is 56.6 Å². The number of ether oxygens (including phenoxy) is 2. The highest BCUT2D eigenvalue weighted by atomic mass is 31.2. The van der Waals surface area contributed by atoms with E-state index in [4.69, 9.17) is 30.7 Å². The molecule has 1 aliphatic carbocycles. The third-order valence-electron chi connectivity index (χ3n) is 6.71. The zero-order valence-corrected chi connectivity index (χ0v) is 24.6. The van der Waals surface area contributed by atoms with Crippen LogP contribution >= 0.6 is 7.75 Å². The van der Waals surface area contributed by atoms with Crippen molar-refractivity contribution in [3.63, 3.8) is 0 Å². The fourth-order valence-corrected chi connectivity index (χ4v) is 5.95. The minimum atomic E-state index is -4.34. The highest BCUT2D eigenvalue weighted by Crippen LogP contribution is 2.48. The van der Waals surface area contributed by atoms with E-state index in [0.717, 1.165) is 12.8 Å². The zero-order valence-electron chi connectivity index (χ0n) is 23.7. The average Bonchev–Trinajstić information content (AvgIpc) is 3.62. The number of rotatable bonds is 12. The van der Waals surface area contributed by atoms with Gasteiger partial charge in [-0.05, 0) is 45.7 Å². The monoisotopic (exact) mass is 617 g/mol. The second-order valence-electron chi connectivity index (χ2n) is 10.6. The summed E-state index contributed by atoms with van der Waals surface area (Å²) in [5.74, 6) is 1.73. The number of aromatic nitrogens is 4. The number of nitrogen functional groups attached to an aromatic ring is 1. The number of hydrogen-bond donors (Lipinski definition) is 4. The molecule has 0 radical (unpaired) electrons. The molecule has 16 heteroatoms. The van der Waals surface area contributed by atoms with Crippen LogP contribution in [0.2, 0.25) is 0 Å². The van der Waals surface area contributed by atoms with Gasteiger partial charge in [-0.15, -0.1) is 6.42 Å². The van der Waals surface area contributed by atoms with Crippen molar-refractivity contribution in [2.75, 3.05) is 17.7 Å². The van der Waals surface area contributed by atoms with E-state index in [1.165, 1.54) is 30.0 Å². The molecule has 2 aliphatic rings. The number of nitrogens with two attached hydrogens (primary N) is 1. The van der Waals surface area contributed by atoms with Gasteiger partial charge in [-0.3, -0.25) is 13.9 Å². The predicted octanol–water partition coefficient (Wildman–Crippen LogP) is 2.72. The molecule has 3 heterocycles. The van der Waals surface area contributed by atoms with Crippen molar-refractivity contribution in [1.29, 1.82) is 0 Å². The van der Waals surface area contributed by atoms with Crippen molar-refractivity contribution in [1.82, 2.24) is 24.6 Å². The first-order valence-electron chi connectivity index (χ1n) is 13.7. The van der Waals surface area contributed by atoms with Crippen molar-refractivity contribution in [2.24, 2.45) is 0 Å². The lowest BCUT2D eigenvalue weighted by Crippen LogP contribution is -2.42. The summed E-state index contributed by atoms with van der Waals surface area (Å²) in [5.41, 5.74) is 3.58. The number of aliphatic hydroxyl groups excluding tert-OH is 1. The fourth-order valence-electron chi connectivity index (χ4n) is 4.44. The number of fused-ring (bicyclic) bond motifs is 1. The second-order valence-corrected chi connectivity index (χ2v) is 12.3. The first-order chi connectivity index (χ1) is 20.4. The Labute approximate surface area is 247 Å². The largest absolute Gasteiger partial charge is 0.462 e. The van der Waals surface area contributed by atoms with Crippen LogP contribution in [0.1, 0.15) is 39.8 Å². The number of para-hydroxylation sites is 1. The number of terminal acetylenes is 1. The Morgan fingerprint density at radius 2 is 2.05 bits per heavy atom. The van der Waals surface area contributed by atoms with Crippen molar-refractivity contribution in [2.45, 2.75) is 75.9 Å². The molecule has 230 valence electrons. The van der Waals surface area contributed by atoms with Crippen LogP contribution in [0.5, 0.6) is 5.75 Å². The fraction of sp³-hybridized carbons (Fsp3) is 0.481. The van der Waals surface area contributed by atoms with Gasteiger partial charge in [0.15, 0.2) is 23.2 Å². The van der Waals surface area contributed by atoms with E-state index in [-0.39, 0.29) is 23.4 Å². The van der Waals surface area contributed by atoms with Crippen LogP contribution in [0.4, 0.5) is 16.2 Å². The minimum absolute atomic E-state index is 0.0869. The number of carbonyl (C=O) groups is 1. The third-order valence-corrected chi connectivity index (χ3v) is 8.35. The number of alkyl halides is 1. The number of nitrogens with zero attached hydrogens (tertiary/aromatic N) is 4. The second kappa shape index (κ2) is 12.1. The summed E-state index contributed by atoms with van der Waals surface area (Å²) < 4.78 is 53.6. The van der Waals surface area contributed by atoms with Crippen LogP contribution in [0.25, 0.3) is 11.2 Å². The third kappa shape index (κ3) is 6.58. The summed E-state index contributed by atoms with van der Waals surface area (Å²) in [6.07, 6.45) is 3.34. The molecule has 1 saturated carbocycles. The molecule has 1 aliphatic heterocycles. The molecule has 2 aromatic heterocycles. The maximum absolute atomic E-state index is 16.3. The van der Waals surface area contributed by atoms with Gasteiger partial charge in [-0.2, -0.15) is 15.1 Å². The van der Waals surface area contributed by atoms with E-state index in [1.54, 1.807) is 32.0 Å². The average molecular weight is 618 g/mol. The van der Waals surface area contributed by atoms with Crippen LogP contribution in [-0.4, -0.2) is 73.3 Å². The maximum atomic E-state index is 16.3. The number of carbonyl (C=O) groups excluding carboxylic acids is 1. The summed E-state index contributed by atoms with van der Waals surface area (Å²) >= 11 is 0. The van der Waals surface area contributed by atoms with Crippen LogP contribution < -0.4 is 20.7 Å². The Morgan fingerprint density at radius 1 is 1.33 bits per heavy atom. The van der Waals surface area contributed by atoms with E-state index in [0.29, 0.717) is 11.3 Å². The predicted molar refractivity (Wildman–Crippen MR) is 153 cm³/mol. The Kier molecular flexibility index (Phi) is 8.60. The van der Waals surface area contributed by atoms with Crippen LogP contribution in [0.3, 0.4) is 0 Å². The van der Waals surface area contributed by atoms with Gasteiger partial charge in [0.2, 0.25) is 11.6 Å². The summed E-state index contributed by atoms with van der Waals surface area (Å²) in [7, 11) is -4.34. The van der Waals surface area contributed by atoms with E-state index in [9.17, 15) is 14.5 Å². The van der Waals surface area contributed by atoms with Crippen LogP contribution in [0, 0.1) is 12.3 Å². The molecule has 3 aromatic rings. The molecule has 5 N–H and O–H groups in total. The molecular formula is C27H33FN7O7P. The number of nitrogens with one attached hydrogen (secondary N) is 2. The minimum Gasteiger partial charge on any atom is -0.462 e. The lowest BCUT2D eigenvalue weighted by molar-refractivity contribution is -0.149. The molecule has 1 saturated heterocycles. The standard InChI is InChI=1S/C27H33FN7O7P/c1-5-27(28)21(36)19(41-25(27)35-14-30-20-22(31-17-11-12-17)32-26(29)33-23(20)35)13-39-43(38,42-18-9-7-6-8-10-18)34-16(4)24(37)40-15(2)3/h1,6-10,14-17,19,21,25,36H,11-13H2,2-4H3,(H,34,38)(H3,29,31,32,33)/t16-,19+,21+,25+,27+,43?/m0/s1. The maximum Gasteiger partial charge on any atom is 0.459 e. The number of hydrogen-bond acceptors (Lipinski definition) is 12. The molecule has 0 spiro atoms. The highest BCUT2D eigenvalue weighted by Gasteiger charge is 2.58. The van der Waals surface area contributed by atoms with Crippen molar-refractivity contribution < 1.29 is 37.4 Å². The summed E-state index contributed by atoms with van der Waals surface area (Å²) in [6.45, 7) is 4.10. The van der Waals surface area contributed by atoms with E-state index in [2.05, 4.69) is 25.4 Å². The van der Waals surface area contributed by atoms with Gasteiger partial charge < -0.3 is 30.2 Å². The molecular weight excluding hydrogens is 584 g/mol. The summed E-state index contributed by atoms with van der Waals surface area (Å²) in [5, 5.41) is 16.7. The number of anilines is 2. The van der Waals surface area contributed by atoms with E-state index >= 15 is 4.39 Å². The molecule has 43 heavy (non-hydrogen) atoms. The van der Waals surface area contributed by atoms with Crippen molar-refractivity contribution in [3.05, 3.63) is 36.7 Å². The molecule has 0 bridgehead atoms. The van der Waals surface area contributed by atoms with Gasteiger partial charge in [0.05, 0.1) is 19.0 Å².